The minimum atomic E-state index is -0.752. The standard InChI is InChI=1S/C12H20O6S4/c13-7-6-10(22-18-12(16)2-4-20)8(14)5-9(7)21-17-11(15)1-3-19/h7-10,13-14,19-20H,1-6H2. The monoisotopic (exact) mass is 388 g/mol. The summed E-state index contributed by atoms with van der Waals surface area (Å²) in [5.41, 5.74) is 0. The molecule has 0 aliphatic heterocycles. The Labute approximate surface area is 149 Å². The molecule has 1 aliphatic rings. The topological polar surface area (TPSA) is 93.1 Å². The maximum absolute atomic E-state index is 11.3. The first kappa shape index (κ1) is 20.3. The van der Waals surface area contributed by atoms with E-state index in [0.717, 1.165) is 24.1 Å². The molecule has 1 rings (SSSR count). The first-order valence-electron chi connectivity index (χ1n) is 6.78. The van der Waals surface area contributed by atoms with Crippen molar-refractivity contribution in [1.82, 2.24) is 0 Å². The maximum atomic E-state index is 11.3. The van der Waals surface area contributed by atoms with E-state index in [1.807, 2.05) is 0 Å². The molecule has 0 bridgehead atoms. The van der Waals surface area contributed by atoms with Gasteiger partial charge in [-0.15, -0.1) is 0 Å². The van der Waals surface area contributed by atoms with E-state index in [1.165, 1.54) is 0 Å². The molecule has 0 aromatic heterocycles. The van der Waals surface area contributed by atoms with Gasteiger partial charge in [-0.2, -0.15) is 25.3 Å². The molecule has 4 atom stereocenters. The lowest BCUT2D eigenvalue weighted by Crippen LogP contribution is -2.42. The average Bonchev–Trinajstić information content (AvgIpc) is 2.47. The predicted octanol–water partition coefficient (Wildman–Crippen LogP) is 1.26. The van der Waals surface area contributed by atoms with Crippen LogP contribution >= 0.6 is 49.3 Å². The first-order valence-corrected chi connectivity index (χ1v) is 9.65. The molecular formula is C12H20O6S4. The van der Waals surface area contributed by atoms with Gasteiger partial charge in [-0.3, -0.25) is 9.59 Å². The zero-order chi connectivity index (χ0) is 16.5. The SMILES string of the molecule is O=C(CCS)OSC1CC(O)C(SOC(=O)CCS)CC1O. The van der Waals surface area contributed by atoms with Gasteiger partial charge in [-0.1, -0.05) is 0 Å². The van der Waals surface area contributed by atoms with Gasteiger partial charge >= 0.3 is 11.9 Å². The number of aliphatic hydroxyl groups is 2. The maximum Gasteiger partial charge on any atom is 0.318 e. The van der Waals surface area contributed by atoms with E-state index < -0.39 is 34.6 Å². The summed E-state index contributed by atoms with van der Waals surface area (Å²) in [6, 6.07) is 0. The summed E-state index contributed by atoms with van der Waals surface area (Å²) in [4.78, 5) is 22.5. The Morgan fingerprint density at radius 3 is 1.59 bits per heavy atom. The molecule has 0 amide bonds. The summed E-state index contributed by atoms with van der Waals surface area (Å²) in [6.07, 6.45) is -0.609. The molecule has 0 aromatic rings. The van der Waals surface area contributed by atoms with Gasteiger partial charge in [0.15, 0.2) is 0 Å². The van der Waals surface area contributed by atoms with E-state index >= 15 is 0 Å². The van der Waals surface area contributed by atoms with Crippen molar-refractivity contribution >= 4 is 61.3 Å². The molecule has 2 N–H and O–H groups in total. The van der Waals surface area contributed by atoms with E-state index in [1.54, 1.807) is 0 Å². The Morgan fingerprint density at radius 2 is 1.27 bits per heavy atom. The van der Waals surface area contributed by atoms with Crippen LogP contribution in [0.15, 0.2) is 0 Å². The van der Waals surface area contributed by atoms with Crippen molar-refractivity contribution in [3.63, 3.8) is 0 Å². The minimum absolute atomic E-state index is 0.195. The van der Waals surface area contributed by atoms with Crippen LogP contribution in [0.5, 0.6) is 0 Å². The van der Waals surface area contributed by atoms with Crippen LogP contribution in [0.4, 0.5) is 0 Å². The third-order valence-corrected chi connectivity index (χ3v) is 5.49. The van der Waals surface area contributed by atoms with Crippen LogP contribution in [0.2, 0.25) is 0 Å². The number of rotatable bonds is 8. The van der Waals surface area contributed by atoms with Crippen molar-refractivity contribution in [2.24, 2.45) is 0 Å². The van der Waals surface area contributed by atoms with Crippen molar-refractivity contribution < 1.29 is 28.2 Å². The first-order chi connectivity index (χ1) is 10.5. The van der Waals surface area contributed by atoms with Gasteiger partial charge in [0, 0.05) is 11.5 Å². The fraction of sp³-hybridized carbons (Fsp3) is 0.833. The van der Waals surface area contributed by atoms with Gasteiger partial charge in [-0.05, 0) is 12.8 Å². The molecule has 0 spiro atoms. The van der Waals surface area contributed by atoms with Crippen molar-refractivity contribution in [1.29, 1.82) is 0 Å². The van der Waals surface area contributed by atoms with E-state index in [9.17, 15) is 19.8 Å². The fourth-order valence-corrected chi connectivity index (χ4v) is 3.82. The normalized spacial score (nSPS) is 28.2. The van der Waals surface area contributed by atoms with Gasteiger partial charge in [0.1, 0.15) is 0 Å². The lowest BCUT2D eigenvalue weighted by molar-refractivity contribution is -0.133. The largest absolute Gasteiger partial charge is 0.392 e. The number of hydrogen-bond donors (Lipinski definition) is 4. The predicted molar refractivity (Wildman–Crippen MR) is 93.1 cm³/mol. The summed E-state index contributed by atoms with van der Waals surface area (Å²) < 4.78 is 9.93. The highest BCUT2D eigenvalue weighted by Crippen LogP contribution is 2.35. The van der Waals surface area contributed by atoms with Gasteiger partial charge in [-0.25, -0.2) is 0 Å². The van der Waals surface area contributed by atoms with Gasteiger partial charge in [0.25, 0.3) is 0 Å². The van der Waals surface area contributed by atoms with Crippen molar-refractivity contribution in [3.05, 3.63) is 0 Å². The highest BCUT2D eigenvalue weighted by molar-refractivity contribution is 7.96. The second-order valence-corrected chi connectivity index (χ2v) is 7.56. The molecule has 1 aliphatic carbocycles. The second kappa shape index (κ2) is 10.9. The van der Waals surface area contributed by atoms with Gasteiger partial charge < -0.3 is 18.6 Å². The Bertz CT molecular complexity index is 336. The summed E-state index contributed by atoms with van der Waals surface area (Å²) >= 11 is 9.60. The molecule has 1 fully saturated rings. The number of hydrogen-bond acceptors (Lipinski definition) is 10. The second-order valence-electron chi connectivity index (χ2n) is 4.73. The summed E-state index contributed by atoms with van der Waals surface area (Å²) in [6.45, 7) is 0. The van der Waals surface area contributed by atoms with Crippen LogP contribution in [-0.2, 0) is 18.0 Å². The number of carbonyl (C=O) groups is 2. The van der Waals surface area contributed by atoms with Crippen LogP contribution in [-0.4, -0.2) is 56.4 Å². The quantitative estimate of drug-likeness (QED) is 0.365. The van der Waals surface area contributed by atoms with E-state index in [2.05, 4.69) is 25.3 Å². The molecule has 4 unspecified atom stereocenters. The Hall–Kier alpha value is 0.260. The molecule has 10 heteroatoms. The minimum Gasteiger partial charge on any atom is -0.392 e. The zero-order valence-corrected chi connectivity index (χ0v) is 15.2. The summed E-state index contributed by atoms with van der Waals surface area (Å²) in [5, 5.41) is 19.3. The van der Waals surface area contributed by atoms with Crippen molar-refractivity contribution in [3.8, 4) is 0 Å². The van der Waals surface area contributed by atoms with E-state index in [0.29, 0.717) is 11.5 Å². The van der Waals surface area contributed by atoms with Crippen LogP contribution in [0, 0.1) is 0 Å². The van der Waals surface area contributed by atoms with Crippen molar-refractivity contribution in [2.45, 2.75) is 48.4 Å². The fourth-order valence-electron chi connectivity index (χ4n) is 1.80. The molecule has 0 aromatic carbocycles. The molecule has 0 heterocycles. The summed E-state index contributed by atoms with van der Waals surface area (Å²) in [7, 11) is 0. The van der Waals surface area contributed by atoms with Crippen LogP contribution in [0.25, 0.3) is 0 Å². The lowest BCUT2D eigenvalue weighted by atomic mass is 9.94. The molecule has 0 radical (unpaired) electrons. The summed E-state index contributed by atoms with van der Waals surface area (Å²) in [5.74, 6) is -0.0187. The van der Waals surface area contributed by atoms with Crippen LogP contribution in [0.1, 0.15) is 25.7 Å². The number of aliphatic hydroxyl groups excluding tert-OH is 2. The number of carbonyl (C=O) groups excluding carboxylic acids is 2. The Kier molecular flexibility index (Phi) is 10.1. The van der Waals surface area contributed by atoms with E-state index in [4.69, 9.17) is 8.37 Å². The molecule has 6 nitrogen and oxygen atoms in total. The average molecular weight is 389 g/mol. The molecular weight excluding hydrogens is 368 g/mol. The molecule has 128 valence electrons. The van der Waals surface area contributed by atoms with Crippen LogP contribution < -0.4 is 0 Å². The Morgan fingerprint density at radius 1 is 0.909 bits per heavy atom. The molecule has 1 saturated carbocycles. The Balaban J connectivity index is 2.37. The van der Waals surface area contributed by atoms with Crippen LogP contribution in [0.3, 0.4) is 0 Å². The third-order valence-electron chi connectivity index (χ3n) is 2.97. The third kappa shape index (κ3) is 7.22. The highest BCUT2D eigenvalue weighted by atomic mass is 32.2. The lowest BCUT2D eigenvalue weighted by Gasteiger charge is -2.34. The smallest absolute Gasteiger partial charge is 0.318 e. The highest BCUT2D eigenvalue weighted by Gasteiger charge is 2.38. The van der Waals surface area contributed by atoms with Gasteiger partial charge in [0.2, 0.25) is 0 Å². The zero-order valence-electron chi connectivity index (χ0n) is 11.8. The van der Waals surface area contributed by atoms with E-state index in [-0.39, 0.29) is 25.7 Å². The molecule has 22 heavy (non-hydrogen) atoms. The number of thiol groups is 2. The molecule has 0 saturated heterocycles. The van der Waals surface area contributed by atoms with Gasteiger partial charge in [0.05, 0.1) is 59.6 Å². The van der Waals surface area contributed by atoms with Crippen molar-refractivity contribution in [2.75, 3.05) is 11.5 Å².